The predicted octanol–water partition coefficient (Wildman–Crippen LogP) is 8.43. The van der Waals surface area contributed by atoms with E-state index in [0.717, 1.165) is 27.9 Å². The van der Waals surface area contributed by atoms with Gasteiger partial charge in [-0.05, 0) is 135 Å². The van der Waals surface area contributed by atoms with Gasteiger partial charge in [0.2, 0.25) is 0 Å². The van der Waals surface area contributed by atoms with Crippen LogP contribution in [-0.4, -0.2) is 45.9 Å². The summed E-state index contributed by atoms with van der Waals surface area (Å²) in [5, 5.41) is 36.6. The number of ether oxygens (including phenoxy) is 3. The summed E-state index contributed by atoms with van der Waals surface area (Å²) in [5.74, 6) is 0.729. The second-order valence-electron chi connectivity index (χ2n) is 16.1. The van der Waals surface area contributed by atoms with Crippen molar-refractivity contribution in [2.45, 2.75) is 66.5 Å². The largest absolute Gasteiger partial charge is 0.486 e. The molecule has 4 aromatic carbocycles. The van der Waals surface area contributed by atoms with E-state index in [0.29, 0.717) is 69.7 Å². The van der Waals surface area contributed by atoms with Gasteiger partial charge in [0.15, 0.2) is 24.1 Å². The van der Waals surface area contributed by atoms with Crippen molar-refractivity contribution < 1.29 is 28.6 Å². The maximum atomic E-state index is 13.1. The van der Waals surface area contributed by atoms with Gasteiger partial charge in [-0.25, -0.2) is 14.8 Å². The number of pyridine rings is 2. The first-order valence-corrected chi connectivity index (χ1v) is 20.8. The summed E-state index contributed by atoms with van der Waals surface area (Å²) in [6.45, 7) is 9.93. The Bertz CT molecular complexity index is 2860. The number of anilines is 2. The van der Waals surface area contributed by atoms with Crippen molar-refractivity contribution in [1.29, 1.82) is 21.3 Å². The van der Waals surface area contributed by atoms with Crippen molar-refractivity contribution in [2.75, 3.05) is 10.2 Å². The van der Waals surface area contributed by atoms with Crippen molar-refractivity contribution in [3.8, 4) is 23.6 Å². The first kappa shape index (κ1) is 49.1. The lowest BCUT2D eigenvalue weighted by Gasteiger charge is -2.28. The van der Waals surface area contributed by atoms with Crippen LogP contribution in [0.25, 0.3) is 0 Å². The van der Waals surface area contributed by atoms with E-state index in [1.165, 1.54) is 11.1 Å². The summed E-state index contributed by atoms with van der Waals surface area (Å²) >= 11 is 0. The molecule has 0 unspecified atom stereocenters. The molecule has 0 radical (unpaired) electrons. The molecule has 7 N–H and O–H groups in total. The molecular weight excluding hydrogens is 849 g/mol. The number of hydrogen-bond donors (Lipinski definition) is 5. The van der Waals surface area contributed by atoms with Crippen LogP contribution in [0, 0.1) is 47.3 Å². The summed E-state index contributed by atoms with van der Waals surface area (Å²) in [6, 6.07) is 32.2. The molecule has 0 spiro atoms. The molecule has 2 aromatic heterocycles. The van der Waals surface area contributed by atoms with Crippen LogP contribution in [0.5, 0.6) is 11.5 Å². The first-order valence-electron chi connectivity index (χ1n) is 20.8. The molecule has 0 aliphatic carbocycles. The fourth-order valence-corrected chi connectivity index (χ4v) is 6.45. The maximum absolute atomic E-state index is 13.1. The lowest BCUT2D eigenvalue weighted by Crippen LogP contribution is -2.36. The van der Waals surface area contributed by atoms with Gasteiger partial charge in [-0.3, -0.25) is 25.3 Å². The minimum absolute atomic E-state index is 0.0160. The first-order chi connectivity index (χ1) is 32.0. The second kappa shape index (κ2) is 22.6. The van der Waals surface area contributed by atoms with E-state index in [4.69, 9.17) is 47.0 Å². The van der Waals surface area contributed by atoms with Crippen LogP contribution in [0.3, 0.4) is 0 Å². The van der Waals surface area contributed by atoms with E-state index in [1.807, 2.05) is 31.2 Å². The number of nitrogen functional groups attached to an aromatic ring is 2. The number of hydrogen-bond acceptors (Lipinski definition) is 13. The van der Waals surface area contributed by atoms with Crippen molar-refractivity contribution in [3.63, 3.8) is 0 Å². The summed E-state index contributed by atoms with van der Waals surface area (Å²) < 4.78 is 17.5. The number of nitrogens with two attached hydrogens (primary N) is 2. The molecular formula is C51H50N10O6. The molecule has 16 heteroatoms. The molecule has 6 aromatic rings. The van der Waals surface area contributed by atoms with E-state index in [2.05, 4.69) is 27.4 Å². The number of amidine groups is 2. The Labute approximate surface area is 388 Å². The number of aldehydes is 2. The molecule has 16 nitrogen and oxygen atoms in total. The number of amides is 1. The van der Waals surface area contributed by atoms with Gasteiger partial charge in [0.05, 0.1) is 29.8 Å². The second-order valence-corrected chi connectivity index (χ2v) is 16.1. The fraction of sp³-hybridized carbons (Fsp3) is 0.196. The van der Waals surface area contributed by atoms with Gasteiger partial charge in [-0.2, -0.15) is 10.5 Å². The summed E-state index contributed by atoms with van der Waals surface area (Å²) in [6.07, 6.45) is 3.90. The van der Waals surface area contributed by atoms with Crippen molar-refractivity contribution in [2.24, 2.45) is 11.5 Å². The van der Waals surface area contributed by atoms with Gasteiger partial charge < -0.3 is 31.0 Å². The number of nitrogens with one attached hydrogen (secondary N) is 3. The smallest absolute Gasteiger partial charge is 0.415 e. The molecule has 0 bridgehead atoms. The van der Waals surface area contributed by atoms with E-state index in [9.17, 15) is 14.4 Å². The predicted molar refractivity (Wildman–Crippen MR) is 254 cm³/mol. The Hall–Kier alpha value is -8.89. The zero-order valence-corrected chi connectivity index (χ0v) is 37.7. The quantitative estimate of drug-likeness (QED) is 0.0347. The Kier molecular flexibility index (Phi) is 16.6. The van der Waals surface area contributed by atoms with Crippen LogP contribution < -0.4 is 31.2 Å². The van der Waals surface area contributed by atoms with Crippen LogP contribution >= 0.6 is 0 Å². The highest BCUT2D eigenvalue weighted by atomic mass is 16.6. The number of nitrogens with zero attached hydrogens (tertiary/aromatic N) is 5. The zero-order valence-electron chi connectivity index (χ0n) is 37.7. The van der Waals surface area contributed by atoms with Gasteiger partial charge in [-0.15, -0.1) is 0 Å². The van der Waals surface area contributed by atoms with Crippen LogP contribution in [0.15, 0.2) is 109 Å². The lowest BCUT2D eigenvalue weighted by atomic mass is 10.1. The fourth-order valence-electron chi connectivity index (χ4n) is 6.45. The Morgan fingerprint density at radius 2 is 1.27 bits per heavy atom. The minimum atomic E-state index is -0.719. The minimum Gasteiger partial charge on any atom is -0.486 e. The summed E-state index contributed by atoms with van der Waals surface area (Å²) in [4.78, 5) is 46.2. The third-order valence-corrected chi connectivity index (χ3v) is 10.0. The third-order valence-electron chi connectivity index (χ3n) is 10.0. The topological polar surface area (TPSA) is 267 Å². The normalized spacial score (nSPS) is 10.5. The van der Waals surface area contributed by atoms with Crippen LogP contribution in [0.4, 0.5) is 16.2 Å². The molecule has 0 atom stereocenters. The number of carbonyl (C=O) groups excluding carboxylic acids is 3. The summed E-state index contributed by atoms with van der Waals surface area (Å²) in [7, 11) is 0. The Balaban J connectivity index is 0.000000254. The Morgan fingerprint density at radius 1 is 0.731 bits per heavy atom. The van der Waals surface area contributed by atoms with Crippen molar-refractivity contribution in [3.05, 3.63) is 176 Å². The van der Waals surface area contributed by atoms with E-state index >= 15 is 0 Å². The number of aromatic nitrogens is 2. The molecule has 6 rings (SSSR count). The average molecular weight is 899 g/mol. The summed E-state index contributed by atoms with van der Waals surface area (Å²) in [5.41, 5.74) is 18.9. The van der Waals surface area contributed by atoms with Crippen molar-refractivity contribution in [1.82, 2.24) is 9.97 Å². The number of rotatable bonds is 16. The molecule has 67 heavy (non-hydrogen) atoms. The number of benzene rings is 4. The SMILES string of the molecule is Cc1c(CN(C(=O)OC(C)(C)C)c2ccc(C#N)cc2)cnc(C=O)c1OCc1cccc(C#N)c1.Cc1c(CNc2ccc(C(=N)N)cc2)cnc(C=O)c1OCc1cccc(C(=N)N)c1. The molecule has 0 saturated carbocycles. The van der Waals surface area contributed by atoms with Gasteiger partial charge in [0.25, 0.3) is 0 Å². The number of nitriles is 2. The molecule has 0 aliphatic heterocycles. The van der Waals surface area contributed by atoms with E-state index in [-0.39, 0.29) is 42.8 Å². The lowest BCUT2D eigenvalue weighted by molar-refractivity contribution is 0.0577. The highest BCUT2D eigenvalue weighted by Crippen LogP contribution is 2.30. The van der Waals surface area contributed by atoms with Crippen molar-refractivity contribution >= 4 is 41.7 Å². The third kappa shape index (κ3) is 13.6. The average Bonchev–Trinajstić information content (AvgIpc) is 3.32. The molecule has 340 valence electrons. The Morgan fingerprint density at radius 3 is 1.81 bits per heavy atom. The van der Waals surface area contributed by atoms with E-state index < -0.39 is 11.7 Å². The van der Waals surface area contributed by atoms with E-state index in [1.54, 1.807) is 107 Å². The van der Waals surface area contributed by atoms with Crippen LogP contribution in [-0.2, 0) is 31.0 Å². The highest BCUT2D eigenvalue weighted by Gasteiger charge is 2.26. The molecule has 0 aliphatic rings. The van der Waals surface area contributed by atoms with Gasteiger partial charge in [0.1, 0.15) is 41.9 Å². The monoisotopic (exact) mass is 898 g/mol. The van der Waals surface area contributed by atoms with Crippen LogP contribution in [0.1, 0.15) is 97.4 Å². The molecule has 0 saturated heterocycles. The molecule has 1 amide bonds. The highest BCUT2D eigenvalue weighted by molar-refractivity contribution is 5.95. The number of carbonyl (C=O) groups is 3. The molecule has 2 heterocycles. The van der Waals surface area contributed by atoms with Gasteiger partial charge in [-0.1, -0.05) is 30.3 Å². The zero-order chi connectivity index (χ0) is 48.7. The molecule has 0 fully saturated rings. The van der Waals surface area contributed by atoms with Gasteiger partial charge in [0, 0.05) is 41.4 Å². The van der Waals surface area contributed by atoms with Gasteiger partial charge >= 0.3 is 6.09 Å². The maximum Gasteiger partial charge on any atom is 0.415 e. The van der Waals surface area contributed by atoms with Crippen LogP contribution in [0.2, 0.25) is 0 Å². The standard InChI is InChI=1S/C28H26N4O4.C23H24N6O2/c1-19-23(15-31-25(17-33)26(19)35-18-22-7-5-6-21(12-22)14-30)16-32(27(34)36-28(2,3)4)24-10-8-20(13-29)9-11-24;1-14-18(10-28-19-7-5-16(6-8-19)22(24)25)11-29-20(12-30)21(14)31-13-15-3-2-4-17(9-15)23(26)27/h5-12,15,17H,16,18H2,1-4H3;2-9,11-12,28H,10,13H2,1H3,(H3,24,25)(H3,26,27).